The Kier molecular flexibility index (Phi) is 4.01. The number of nitrogens with zero attached hydrogens (tertiary/aromatic N) is 1. The third kappa shape index (κ3) is 2.44. The van der Waals surface area contributed by atoms with Gasteiger partial charge in [-0.05, 0) is 32.4 Å². The number of rotatable bonds is 4. The van der Waals surface area contributed by atoms with Gasteiger partial charge < -0.3 is 9.64 Å². The van der Waals surface area contributed by atoms with E-state index in [1.807, 2.05) is 12.1 Å². The van der Waals surface area contributed by atoms with Gasteiger partial charge in [0.05, 0.1) is 7.11 Å². The van der Waals surface area contributed by atoms with Crippen LogP contribution in [0.15, 0.2) is 18.2 Å². The van der Waals surface area contributed by atoms with Gasteiger partial charge in [0.25, 0.3) is 0 Å². The molecule has 0 aromatic heterocycles. The van der Waals surface area contributed by atoms with Crippen molar-refractivity contribution in [3.8, 4) is 5.75 Å². The highest BCUT2D eigenvalue weighted by Gasteiger charge is 2.12. The Hall–Kier alpha value is -1.18. The second-order valence-corrected chi connectivity index (χ2v) is 4.02. The van der Waals surface area contributed by atoms with Crippen LogP contribution in [0, 0.1) is 0 Å². The first kappa shape index (κ1) is 11.9. The zero-order valence-electron chi connectivity index (χ0n) is 10.4. The lowest BCUT2D eigenvalue weighted by molar-refractivity contribution is 0.410. The van der Waals surface area contributed by atoms with Gasteiger partial charge in [0.15, 0.2) is 0 Å². The van der Waals surface area contributed by atoms with Crippen LogP contribution in [0.1, 0.15) is 26.3 Å². The number of methoxy groups -OCH3 is 1. The molecule has 0 heterocycles. The predicted octanol–water partition coefficient (Wildman–Crippen LogP) is 3.10. The highest BCUT2D eigenvalue weighted by Crippen LogP contribution is 2.29. The van der Waals surface area contributed by atoms with E-state index in [0.29, 0.717) is 6.04 Å². The number of ether oxygens (including phenoxy) is 1. The Labute approximate surface area is 92.9 Å². The summed E-state index contributed by atoms with van der Waals surface area (Å²) < 4.78 is 5.38. The van der Waals surface area contributed by atoms with E-state index in [1.54, 1.807) is 7.11 Å². The van der Waals surface area contributed by atoms with Crippen molar-refractivity contribution < 1.29 is 4.74 Å². The van der Waals surface area contributed by atoms with Crippen LogP contribution in [-0.4, -0.2) is 20.2 Å². The molecule has 2 heteroatoms. The highest BCUT2D eigenvalue weighted by molar-refractivity contribution is 5.59. The second kappa shape index (κ2) is 5.06. The van der Waals surface area contributed by atoms with E-state index in [4.69, 9.17) is 4.74 Å². The molecular formula is C13H21NO. The van der Waals surface area contributed by atoms with Crippen LogP contribution in [0.2, 0.25) is 0 Å². The Balaban J connectivity index is 3.16. The number of anilines is 1. The lowest BCUT2D eigenvalue weighted by atomic mass is 10.1. The van der Waals surface area contributed by atoms with Crippen molar-refractivity contribution in [2.45, 2.75) is 33.2 Å². The standard InChI is InChI=1S/C13H21NO/c1-6-11-12(14(4)10(2)3)8-7-9-13(11)15-5/h7-10H,6H2,1-5H3. The van der Waals surface area contributed by atoms with Crippen molar-refractivity contribution in [3.63, 3.8) is 0 Å². The first-order chi connectivity index (χ1) is 7.11. The summed E-state index contributed by atoms with van der Waals surface area (Å²) in [6.07, 6.45) is 0.996. The first-order valence-corrected chi connectivity index (χ1v) is 5.50. The Morgan fingerprint density at radius 2 is 2.00 bits per heavy atom. The topological polar surface area (TPSA) is 12.5 Å². The zero-order valence-corrected chi connectivity index (χ0v) is 10.4. The van der Waals surface area contributed by atoms with Crippen molar-refractivity contribution in [1.29, 1.82) is 0 Å². The number of hydrogen-bond acceptors (Lipinski definition) is 2. The van der Waals surface area contributed by atoms with Gasteiger partial charge in [0.1, 0.15) is 5.75 Å². The van der Waals surface area contributed by atoms with Crippen LogP contribution in [0.3, 0.4) is 0 Å². The summed E-state index contributed by atoms with van der Waals surface area (Å²) in [6, 6.07) is 6.73. The molecule has 84 valence electrons. The zero-order chi connectivity index (χ0) is 11.4. The molecule has 0 saturated heterocycles. The molecule has 1 rings (SSSR count). The third-order valence-electron chi connectivity index (χ3n) is 2.84. The molecule has 0 amide bonds. The largest absolute Gasteiger partial charge is 0.496 e. The number of benzene rings is 1. The van der Waals surface area contributed by atoms with E-state index in [9.17, 15) is 0 Å². The van der Waals surface area contributed by atoms with Crippen molar-refractivity contribution in [3.05, 3.63) is 23.8 Å². The molecule has 0 atom stereocenters. The predicted molar refractivity (Wildman–Crippen MR) is 65.9 cm³/mol. The van der Waals surface area contributed by atoms with Crippen LogP contribution < -0.4 is 9.64 Å². The van der Waals surface area contributed by atoms with Gasteiger partial charge in [-0.25, -0.2) is 0 Å². The fourth-order valence-corrected chi connectivity index (χ4v) is 1.71. The molecule has 0 N–H and O–H groups in total. The monoisotopic (exact) mass is 207 g/mol. The summed E-state index contributed by atoms with van der Waals surface area (Å²) >= 11 is 0. The maximum absolute atomic E-state index is 5.38. The van der Waals surface area contributed by atoms with E-state index < -0.39 is 0 Å². The Morgan fingerprint density at radius 3 is 2.47 bits per heavy atom. The Bertz CT molecular complexity index is 320. The maximum Gasteiger partial charge on any atom is 0.124 e. The molecule has 0 aliphatic heterocycles. The smallest absolute Gasteiger partial charge is 0.124 e. The van der Waals surface area contributed by atoms with Gasteiger partial charge in [0, 0.05) is 24.3 Å². The molecule has 0 bridgehead atoms. The maximum atomic E-state index is 5.38. The molecule has 0 aliphatic carbocycles. The molecule has 2 nitrogen and oxygen atoms in total. The summed E-state index contributed by atoms with van der Waals surface area (Å²) in [6.45, 7) is 6.55. The third-order valence-corrected chi connectivity index (χ3v) is 2.84. The van der Waals surface area contributed by atoms with Crippen molar-refractivity contribution >= 4 is 5.69 Å². The first-order valence-electron chi connectivity index (χ1n) is 5.50. The molecular weight excluding hydrogens is 186 g/mol. The van der Waals surface area contributed by atoms with Gasteiger partial charge in [0.2, 0.25) is 0 Å². The van der Waals surface area contributed by atoms with Gasteiger partial charge >= 0.3 is 0 Å². The van der Waals surface area contributed by atoms with Gasteiger partial charge in [-0.3, -0.25) is 0 Å². The summed E-state index contributed by atoms with van der Waals surface area (Å²) in [5.74, 6) is 0.988. The molecule has 1 aromatic rings. The summed E-state index contributed by atoms with van der Waals surface area (Å²) in [4.78, 5) is 2.28. The fraction of sp³-hybridized carbons (Fsp3) is 0.538. The van der Waals surface area contributed by atoms with E-state index in [2.05, 4.69) is 38.8 Å². The summed E-state index contributed by atoms with van der Waals surface area (Å²) in [7, 11) is 3.85. The molecule has 0 unspecified atom stereocenters. The van der Waals surface area contributed by atoms with Crippen LogP contribution in [0.25, 0.3) is 0 Å². The van der Waals surface area contributed by atoms with E-state index >= 15 is 0 Å². The Morgan fingerprint density at radius 1 is 1.33 bits per heavy atom. The average Bonchev–Trinajstić information content (AvgIpc) is 2.26. The fourth-order valence-electron chi connectivity index (χ4n) is 1.71. The van der Waals surface area contributed by atoms with Crippen molar-refractivity contribution in [1.82, 2.24) is 0 Å². The minimum atomic E-state index is 0.502. The normalized spacial score (nSPS) is 10.5. The summed E-state index contributed by atoms with van der Waals surface area (Å²) in [5.41, 5.74) is 2.56. The van der Waals surface area contributed by atoms with E-state index in [-0.39, 0.29) is 0 Å². The van der Waals surface area contributed by atoms with Crippen molar-refractivity contribution in [2.24, 2.45) is 0 Å². The lowest BCUT2D eigenvalue weighted by Gasteiger charge is -2.27. The molecule has 0 aliphatic rings. The van der Waals surface area contributed by atoms with Crippen LogP contribution >= 0.6 is 0 Å². The molecule has 0 radical (unpaired) electrons. The quantitative estimate of drug-likeness (QED) is 0.752. The minimum Gasteiger partial charge on any atom is -0.496 e. The number of hydrogen-bond donors (Lipinski definition) is 0. The molecule has 1 aromatic carbocycles. The van der Waals surface area contributed by atoms with Crippen molar-refractivity contribution in [2.75, 3.05) is 19.1 Å². The van der Waals surface area contributed by atoms with E-state index in [1.165, 1.54) is 11.3 Å². The van der Waals surface area contributed by atoms with Gasteiger partial charge in [-0.1, -0.05) is 13.0 Å². The molecule has 0 saturated carbocycles. The van der Waals surface area contributed by atoms with Crippen LogP contribution in [0.5, 0.6) is 5.75 Å². The lowest BCUT2D eigenvalue weighted by Crippen LogP contribution is -2.26. The molecule has 0 spiro atoms. The highest BCUT2D eigenvalue weighted by atomic mass is 16.5. The SMILES string of the molecule is CCc1c(OC)cccc1N(C)C(C)C. The second-order valence-electron chi connectivity index (χ2n) is 4.02. The molecule has 0 fully saturated rings. The molecule has 15 heavy (non-hydrogen) atoms. The summed E-state index contributed by atoms with van der Waals surface area (Å²) in [5, 5.41) is 0. The van der Waals surface area contributed by atoms with Crippen LogP contribution in [-0.2, 0) is 6.42 Å². The van der Waals surface area contributed by atoms with Crippen LogP contribution in [0.4, 0.5) is 5.69 Å². The van der Waals surface area contributed by atoms with Gasteiger partial charge in [-0.2, -0.15) is 0 Å². The minimum absolute atomic E-state index is 0.502. The average molecular weight is 207 g/mol. The van der Waals surface area contributed by atoms with E-state index in [0.717, 1.165) is 12.2 Å². The van der Waals surface area contributed by atoms with Gasteiger partial charge in [-0.15, -0.1) is 0 Å².